The van der Waals surface area contributed by atoms with E-state index in [9.17, 15) is 9.59 Å². The van der Waals surface area contributed by atoms with Crippen LogP contribution in [0.4, 0.5) is 5.69 Å². The molecular formula is C16H25N3O2. The van der Waals surface area contributed by atoms with Crippen molar-refractivity contribution in [1.29, 1.82) is 0 Å². The van der Waals surface area contributed by atoms with Crippen LogP contribution in [0.5, 0.6) is 0 Å². The topological polar surface area (TPSA) is 75.4 Å². The summed E-state index contributed by atoms with van der Waals surface area (Å²) in [5.74, 6) is -0.0374. The number of carbonyl (C=O) groups is 2. The van der Waals surface area contributed by atoms with Gasteiger partial charge in [-0.3, -0.25) is 9.59 Å². The maximum atomic E-state index is 11.6. The molecule has 1 atom stereocenters. The van der Waals surface area contributed by atoms with Crippen molar-refractivity contribution in [1.82, 2.24) is 4.90 Å². The standard InChI is InChI=1S/C16H25N3O2/c1-11(2)19(13(4)20)10-14-5-7-15(8-6-14)18-16(21)9-12(3)17/h5-8,11-12H,9-10,17H2,1-4H3,(H,18,21). The summed E-state index contributed by atoms with van der Waals surface area (Å²) >= 11 is 0. The van der Waals surface area contributed by atoms with Crippen LogP contribution in [-0.2, 0) is 16.1 Å². The third-order valence-corrected chi connectivity index (χ3v) is 3.13. The van der Waals surface area contributed by atoms with E-state index in [4.69, 9.17) is 5.73 Å². The van der Waals surface area contributed by atoms with Gasteiger partial charge in [-0.25, -0.2) is 0 Å². The fraction of sp³-hybridized carbons (Fsp3) is 0.500. The molecule has 0 radical (unpaired) electrons. The van der Waals surface area contributed by atoms with Crippen LogP contribution in [0.1, 0.15) is 39.7 Å². The quantitative estimate of drug-likeness (QED) is 0.843. The maximum Gasteiger partial charge on any atom is 0.225 e. The van der Waals surface area contributed by atoms with Crippen LogP contribution >= 0.6 is 0 Å². The van der Waals surface area contributed by atoms with Crippen molar-refractivity contribution in [3.63, 3.8) is 0 Å². The van der Waals surface area contributed by atoms with Crippen LogP contribution in [0.25, 0.3) is 0 Å². The molecule has 0 aliphatic rings. The number of anilines is 1. The average Bonchev–Trinajstić information content (AvgIpc) is 2.35. The monoisotopic (exact) mass is 291 g/mol. The number of nitrogens with one attached hydrogen (secondary N) is 1. The van der Waals surface area contributed by atoms with Crippen LogP contribution in [-0.4, -0.2) is 28.8 Å². The Morgan fingerprint density at radius 3 is 2.19 bits per heavy atom. The molecule has 0 aliphatic carbocycles. The molecule has 0 spiro atoms. The minimum absolute atomic E-state index is 0.0549. The number of nitrogens with zero attached hydrogens (tertiary/aromatic N) is 1. The Balaban J connectivity index is 2.65. The average molecular weight is 291 g/mol. The molecule has 3 N–H and O–H groups in total. The fourth-order valence-electron chi connectivity index (χ4n) is 2.05. The molecule has 5 heteroatoms. The normalized spacial score (nSPS) is 12.1. The van der Waals surface area contributed by atoms with Crippen LogP contribution in [0.15, 0.2) is 24.3 Å². The van der Waals surface area contributed by atoms with Crippen LogP contribution in [0.2, 0.25) is 0 Å². The lowest BCUT2D eigenvalue weighted by Crippen LogP contribution is -2.34. The van der Waals surface area contributed by atoms with Crippen LogP contribution in [0.3, 0.4) is 0 Å². The molecule has 0 aliphatic heterocycles. The first-order valence-corrected chi connectivity index (χ1v) is 7.21. The molecule has 1 unspecified atom stereocenters. The van der Waals surface area contributed by atoms with Crippen molar-refractivity contribution in [3.05, 3.63) is 29.8 Å². The van der Waals surface area contributed by atoms with E-state index in [0.717, 1.165) is 11.3 Å². The highest BCUT2D eigenvalue weighted by Gasteiger charge is 2.13. The van der Waals surface area contributed by atoms with E-state index in [1.807, 2.05) is 38.1 Å². The second kappa shape index (κ2) is 7.78. The first-order chi connectivity index (χ1) is 9.79. The fourth-order valence-corrected chi connectivity index (χ4v) is 2.05. The Labute approximate surface area is 126 Å². The molecule has 1 aromatic carbocycles. The Hall–Kier alpha value is -1.88. The summed E-state index contributed by atoms with van der Waals surface area (Å²) in [5, 5.41) is 2.80. The molecular weight excluding hydrogens is 266 g/mol. The number of hydrogen-bond donors (Lipinski definition) is 2. The summed E-state index contributed by atoms with van der Waals surface area (Å²) in [6.07, 6.45) is 0.299. The zero-order chi connectivity index (χ0) is 16.0. The van der Waals surface area contributed by atoms with Gasteiger partial charge in [0, 0.05) is 37.7 Å². The van der Waals surface area contributed by atoms with Gasteiger partial charge < -0.3 is 16.0 Å². The van der Waals surface area contributed by atoms with Gasteiger partial charge in [0.1, 0.15) is 0 Å². The second-order valence-electron chi connectivity index (χ2n) is 5.67. The van der Waals surface area contributed by atoms with E-state index in [1.165, 1.54) is 0 Å². The lowest BCUT2D eigenvalue weighted by molar-refractivity contribution is -0.131. The second-order valence-corrected chi connectivity index (χ2v) is 5.67. The van der Waals surface area contributed by atoms with Gasteiger partial charge in [-0.05, 0) is 38.5 Å². The molecule has 0 heterocycles. The summed E-state index contributed by atoms with van der Waals surface area (Å²) in [6.45, 7) is 7.92. The molecule has 21 heavy (non-hydrogen) atoms. The lowest BCUT2D eigenvalue weighted by Gasteiger charge is -2.25. The highest BCUT2D eigenvalue weighted by atomic mass is 16.2. The van der Waals surface area contributed by atoms with Gasteiger partial charge >= 0.3 is 0 Å². The molecule has 1 rings (SSSR count). The van der Waals surface area contributed by atoms with Crippen LogP contribution < -0.4 is 11.1 Å². The van der Waals surface area contributed by atoms with Gasteiger partial charge in [0.25, 0.3) is 0 Å². The Morgan fingerprint density at radius 1 is 1.19 bits per heavy atom. The minimum Gasteiger partial charge on any atom is -0.336 e. The summed E-state index contributed by atoms with van der Waals surface area (Å²) in [4.78, 5) is 25.0. The molecule has 1 aromatic rings. The highest BCUT2D eigenvalue weighted by molar-refractivity contribution is 5.91. The molecule has 0 bridgehead atoms. The van der Waals surface area contributed by atoms with Crippen molar-refractivity contribution in [2.45, 2.75) is 52.7 Å². The molecule has 0 fully saturated rings. The number of hydrogen-bond acceptors (Lipinski definition) is 3. The molecule has 0 saturated heterocycles. The molecule has 116 valence electrons. The van der Waals surface area contributed by atoms with Gasteiger partial charge in [-0.15, -0.1) is 0 Å². The molecule has 0 saturated carbocycles. The van der Waals surface area contributed by atoms with Crippen molar-refractivity contribution in [2.75, 3.05) is 5.32 Å². The van der Waals surface area contributed by atoms with E-state index in [1.54, 1.807) is 18.7 Å². The Kier molecular flexibility index (Phi) is 6.37. The summed E-state index contributed by atoms with van der Waals surface area (Å²) in [7, 11) is 0. The summed E-state index contributed by atoms with van der Waals surface area (Å²) in [5.41, 5.74) is 7.36. The Bertz CT molecular complexity index is 481. The largest absolute Gasteiger partial charge is 0.336 e. The number of rotatable bonds is 6. The van der Waals surface area contributed by atoms with E-state index in [0.29, 0.717) is 13.0 Å². The van der Waals surface area contributed by atoms with E-state index < -0.39 is 0 Å². The number of amides is 2. The summed E-state index contributed by atoms with van der Waals surface area (Å²) < 4.78 is 0. The Morgan fingerprint density at radius 2 is 1.76 bits per heavy atom. The number of carbonyl (C=O) groups excluding carboxylic acids is 2. The lowest BCUT2D eigenvalue weighted by atomic mass is 10.1. The minimum atomic E-state index is -0.153. The van der Waals surface area contributed by atoms with Crippen LogP contribution in [0, 0.1) is 0 Å². The van der Waals surface area contributed by atoms with Gasteiger partial charge in [-0.1, -0.05) is 12.1 Å². The predicted octanol–water partition coefficient (Wildman–Crippen LogP) is 2.12. The molecule has 0 aromatic heterocycles. The third-order valence-electron chi connectivity index (χ3n) is 3.13. The van der Waals surface area contributed by atoms with Crippen molar-refractivity contribution in [3.8, 4) is 0 Å². The number of benzene rings is 1. The van der Waals surface area contributed by atoms with Gasteiger partial charge in [0.2, 0.25) is 11.8 Å². The van der Waals surface area contributed by atoms with Crippen molar-refractivity contribution >= 4 is 17.5 Å². The van der Waals surface area contributed by atoms with E-state index >= 15 is 0 Å². The maximum absolute atomic E-state index is 11.6. The molecule has 5 nitrogen and oxygen atoms in total. The highest BCUT2D eigenvalue weighted by Crippen LogP contribution is 2.13. The van der Waals surface area contributed by atoms with Crippen molar-refractivity contribution in [2.24, 2.45) is 5.73 Å². The number of nitrogens with two attached hydrogens (primary N) is 1. The third kappa shape index (κ3) is 5.95. The first-order valence-electron chi connectivity index (χ1n) is 7.21. The predicted molar refractivity (Wildman–Crippen MR) is 84.7 cm³/mol. The van der Waals surface area contributed by atoms with E-state index in [2.05, 4.69) is 5.32 Å². The van der Waals surface area contributed by atoms with Gasteiger partial charge in [0.05, 0.1) is 0 Å². The zero-order valence-electron chi connectivity index (χ0n) is 13.2. The van der Waals surface area contributed by atoms with Gasteiger partial charge in [0.15, 0.2) is 0 Å². The summed E-state index contributed by atoms with van der Waals surface area (Å²) in [6, 6.07) is 7.52. The zero-order valence-corrected chi connectivity index (χ0v) is 13.2. The first kappa shape index (κ1) is 17.2. The molecule has 2 amide bonds. The van der Waals surface area contributed by atoms with Crippen molar-refractivity contribution < 1.29 is 9.59 Å². The van der Waals surface area contributed by atoms with Gasteiger partial charge in [-0.2, -0.15) is 0 Å². The SMILES string of the molecule is CC(=O)N(Cc1ccc(NC(=O)CC(C)N)cc1)C(C)C. The smallest absolute Gasteiger partial charge is 0.225 e. The van der Waals surface area contributed by atoms with E-state index in [-0.39, 0.29) is 23.9 Å².